The first kappa shape index (κ1) is 15.4. The molecule has 0 aliphatic carbocycles. The molecule has 2 unspecified atom stereocenters. The van der Waals surface area contributed by atoms with Crippen LogP contribution in [-0.4, -0.2) is 23.8 Å². The summed E-state index contributed by atoms with van der Waals surface area (Å²) in [5.41, 5.74) is -0.208. The molecule has 106 valence electrons. The Balaban J connectivity index is 2.45. The maximum Gasteiger partial charge on any atom is 0.319 e. The predicted octanol–water partition coefficient (Wildman–Crippen LogP) is 2.49. The van der Waals surface area contributed by atoms with E-state index in [1.165, 1.54) is 0 Å². The van der Waals surface area contributed by atoms with Crippen molar-refractivity contribution in [2.24, 2.45) is 5.92 Å². The molecule has 6 heteroatoms. The number of amides is 2. The minimum absolute atomic E-state index is 0.0862. The minimum atomic E-state index is -0.700. The van der Waals surface area contributed by atoms with E-state index in [0.29, 0.717) is 13.0 Å². The highest BCUT2D eigenvalue weighted by Crippen LogP contribution is 2.15. The van der Waals surface area contributed by atoms with Crippen molar-refractivity contribution >= 4 is 11.7 Å². The lowest BCUT2D eigenvalue weighted by Crippen LogP contribution is -2.33. The molecule has 0 aliphatic heterocycles. The highest BCUT2D eigenvalue weighted by atomic mass is 19.1. The number of aliphatic hydroxyl groups is 1. The molecular weight excluding hydrogens is 254 g/mol. The van der Waals surface area contributed by atoms with Gasteiger partial charge in [0.1, 0.15) is 11.6 Å². The predicted molar refractivity (Wildman–Crippen MR) is 68.8 cm³/mol. The van der Waals surface area contributed by atoms with Gasteiger partial charge in [-0.05, 0) is 31.4 Å². The summed E-state index contributed by atoms with van der Waals surface area (Å²) < 4.78 is 26.1. The Labute approximate surface area is 110 Å². The summed E-state index contributed by atoms with van der Waals surface area (Å²) in [5.74, 6) is -1.24. The van der Waals surface area contributed by atoms with Crippen LogP contribution < -0.4 is 10.6 Å². The summed E-state index contributed by atoms with van der Waals surface area (Å²) in [5, 5.41) is 13.9. The molecule has 0 saturated heterocycles. The molecule has 0 bridgehead atoms. The highest BCUT2D eigenvalue weighted by molar-refractivity contribution is 5.89. The normalized spacial score (nSPS) is 13.7. The molecule has 3 N–H and O–H groups in total. The van der Waals surface area contributed by atoms with Gasteiger partial charge in [0.2, 0.25) is 0 Å². The second kappa shape index (κ2) is 7.04. The zero-order chi connectivity index (χ0) is 14.4. The Morgan fingerprint density at radius 3 is 2.68 bits per heavy atom. The topological polar surface area (TPSA) is 61.4 Å². The van der Waals surface area contributed by atoms with Gasteiger partial charge in [0.25, 0.3) is 0 Å². The molecule has 0 heterocycles. The maximum absolute atomic E-state index is 13.3. The van der Waals surface area contributed by atoms with Crippen LogP contribution >= 0.6 is 0 Å². The first-order chi connectivity index (χ1) is 8.88. The van der Waals surface area contributed by atoms with E-state index >= 15 is 0 Å². The fourth-order valence-electron chi connectivity index (χ4n) is 1.69. The molecule has 4 nitrogen and oxygen atoms in total. The molecule has 0 spiro atoms. The van der Waals surface area contributed by atoms with Gasteiger partial charge in [-0.3, -0.25) is 0 Å². The number of benzene rings is 1. The van der Waals surface area contributed by atoms with Gasteiger partial charge in [0, 0.05) is 12.6 Å². The quantitative estimate of drug-likeness (QED) is 0.771. The maximum atomic E-state index is 13.3. The second-order valence-corrected chi connectivity index (χ2v) is 4.65. The first-order valence-electron chi connectivity index (χ1n) is 6.06. The summed E-state index contributed by atoms with van der Waals surface area (Å²) in [6.45, 7) is 3.88. The van der Waals surface area contributed by atoms with E-state index in [4.69, 9.17) is 0 Å². The van der Waals surface area contributed by atoms with E-state index in [0.717, 1.165) is 18.2 Å². The van der Waals surface area contributed by atoms with E-state index in [-0.39, 0.29) is 11.6 Å². The van der Waals surface area contributed by atoms with Crippen LogP contribution in [0.5, 0.6) is 0 Å². The van der Waals surface area contributed by atoms with Crippen LogP contribution in [0.3, 0.4) is 0 Å². The molecule has 0 fully saturated rings. The average Bonchev–Trinajstić information content (AvgIpc) is 2.30. The summed E-state index contributed by atoms with van der Waals surface area (Å²) in [6.07, 6.45) is 0.106. The largest absolute Gasteiger partial charge is 0.393 e. The number of urea groups is 1. The van der Waals surface area contributed by atoms with E-state index in [2.05, 4.69) is 10.6 Å². The highest BCUT2D eigenvalue weighted by Gasteiger charge is 2.10. The third-order valence-corrected chi connectivity index (χ3v) is 2.53. The van der Waals surface area contributed by atoms with Crippen LogP contribution in [0.4, 0.5) is 19.3 Å². The van der Waals surface area contributed by atoms with Gasteiger partial charge in [-0.25, -0.2) is 13.6 Å². The molecule has 0 saturated carbocycles. The molecular formula is C13H18F2N2O2. The molecule has 2 amide bonds. The summed E-state index contributed by atoms with van der Waals surface area (Å²) in [4.78, 5) is 11.5. The average molecular weight is 272 g/mol. The number of nitrogens with one attached hydrogen (secondary N) is 2. The van der Waals surface area contributed by atoms with Gasteiger partial charge >= 0.3 is 6.03 Å². The molecule has 19 heavy (non-hydrogen) atoms. The molecule has 2 atom stereocenters. The molecule has 0 aliphatic rings. The minimum Gasteiger partial charge on any atom is -0.393 e. The smallest absolute Gasteiger partial charge is 0.319 e. The van der Waals surface area contributed by atoms with Crippen LogP contribution in [-0.2, 0) is 0 Å². The zero-order valence-electron chi connectivity index (χ0n) is 10.9. The van der Waals surface area contributed by atoms with Crippen molar-refractivity contribution in [1.82, 2.24) is 5.32 Å². The molecule has 1 aromatic carbocycles. The van der Waals surface area contributed by atoms with Crippen LogP contribution in [0, 0.1) is 17.6 Å². The summed E-state index contributed by atoms with van der Waals surface area (Å²) in [7, 11) is 0. The first-order valence-corrected chi connectivity index (χ1v) is 6.06. The lowest BCUT2D eigenvalue weighted by molar-refractivity contribution is 0.163. The molecule has 0 aromatic heterocycles. The number of anilines is 1. The van der Waals surface area contributed by atoms with Gasteiger partial charge in [-0.2, -0.15) is 0 Å². The van der Waals surface area contributed by atoms with Gasteiger partial charge in [-0.1, -0.05) is 6.92 Å². The number of halogens is 2. The Morgan fingerprint density at radius 1 is 1.37 bits per heavy atom. The van der Waals surface area contributed by atoms with Crippen LogP contribution in [0.1, 0.15) is 20.3 Å². The van der Waals surface area contributed by atoms with Crippen molar-refractivity contribution in [3.63, 3.8) is 0 Å². The summed E-state index contributed by atoms with van der Waals surface area (Å²) in [6, 6.07) is 2.22. The van der Waals surface area contributed by atoms with Gasteiger partial charge < -0.3 is 15.7 Å². The Hall–Kier alpha value is -1.69. The summed E-state index contributed by atoms with van der Waals surface area (Å²) >= 11 is 0. The Morgan fingerprint density at radius 2 is 2.05 bits per heavy atom. The number of hydrogen-bond acceptors (Lipinski definition) is 2. The van der Waals surface area contributed by atoms with Gasteiger partial charge in [0.15, 0.2) is 0 Å². The monoisotopic (exact) mass is 272 g/mol. The van der Waals surface area contributed by atoms with Gasteiger partial charge in [-0.15, -0.1) is 0 Å². The van der Waals surface area contributed by atoms with Crippen molar-refractivity contribution in [2.75, 3.05) is 11.9 Å². The third kappa shape index (κ3) is 5.65. The van der Waals surface area contributed by atoms with Gasteiger partial charge in [0.05, 0.1) is 11.8 Å². The van der Waals surface area contributed by atoms with E-state index in [9.17, 15) is 18.7 Å². The van der Waals surface area contributed by atoms with Crippen LogP contribution in [0.25, 0.3) is 0 Å². The van der Waals surface area contributed by atoms with Crippen molar-refractivity contribution in [3.05, 3.63) is 29.8 Å². The van der Waals surface area contributed by atoms with E-state index in [1.54, 1.807) is 6.92 Å². The Kier molecular flexibility index (Phi) is 5.69. The number of aliphatic hydroxyl groups excluding tert-OH is 1. The van der Waals surface area contributed by atoms with E-state index < -0.39 is 23.8 Å². The standard InChI is InChI=1S/C13H18F2N2O2/c1-8(5-9(2)18)7-16-13(19)17-12-6-10(14)3-4-11(12)15/h3-4,6,8-9,18H,5,7H2,1-2H3,(H2,16,17,19). The van der Waals surface area contributed by atoms with Crippen molar-refractivity contribution < 1.29 is 18.7 Å². The lowest BCUT2D eigenvalue weighted by atomic mass is 10.1. The molecule has 1 rings (SSSR count). The van der Waals surface area contributed by atoms with Crippen LogP contribution in [0.15, 0.2) is 18.2 Å². The third-order valence-electron chi connectivity index (χ3n) is 2.53. The second-order valence-electron chi connectivity index (χ2n) is 4.65. The molecule has 0 radical (unpaired) electrons. The van der Waals surface area contributed by atoms with Crippen molar-refractivity contribution in [1.29, 1.82) is 0 Å². The SMILES string of the molecule is CC(O)CC(C)CNC(=O)Nc1cc(F)ccc1F. The number of hydrogen-bond donors (Lipinski definition) is 3. The number of carbonyl (C=O) groups is 1. The van der Waals surface area contributed by atoms with Crippen LogP contribution in [0.2, 0.25) is 0 Å². The Bertz CT molecular complexity index is 439. The fraction of sp³-hybridized carbons (Fsp3) is 0.462. The van der Waals surface area contributed by atoms with E-state index in [1.807, 2.05) is 6.92 Å². The molecule has 1 aromatic rings. The lowest BCUT2D eigenvalue weighted by Gasteiger charge is -2.14. The number of carbonyl (C=O) groups excluding carboxylic acids is 1. The zero-order valence-corrected chi connectivity index (χ0v) is 10.9. The van der Waals surface area contributed by atoms with Crippen molar-refractivity contribution in [2.45, 2.75) is 26.4 Å². The fourth-order valence-corrected chi connectivity index (χ4v) is 1.69. The number of rotatable bonds is 5. The van der Waals surface area contributed by atoms with Crippen molar-refractivity contribution in [3.8, 4) is 0 Å².